The van der Waals surface area contributed by atoms with Gasteiger partial charge in [0, 0.05) is 10.6 Å². The number of halogens is 1. The summed E-state index contributed by atoms with van der Waals surface area (Å²) < 4.78 is 4.91. The SMILES string of the molecule is C[C@H]([NH2+]CC(=O)NNC(=O)c1ccco1)c1ccccc1Cl. The molecule has 7 heteroatoms. The van der Waals surface area contributed by atoms with Crippen molar-refractivity contribution < 1.29 is 19.3 Å². The maximum absolute atomic E-state index is 11.7. The van der Waals surface area contributed by atoms with Gasteiger partial charge in [-0.15, -0.1) is 0 Å². The minimum absolute atomic E-state index is 0.0280. The molecule has 116 valence electrons. The van der Waals surface area contributed by atoms with E-state index >= 15 is 0 Å². The highest BCUT2D eigenvalue weighted by molar-refractivity contribution is 6.31. The maximum atomic E-state index is 11.7. The van der Waals surface area contributed by atoms with Gasteiger partial charge in [0.2, 0.25) is 0 Å². The highest BCUT2D eigenvalue weighted by Crippen LogP contribution is 2.19. The molecular weight excluding hydrogens is 306 g/mol. The number of benzene rings is 1. The molecule has 0 saturated carbocycles. The van der Waals surface area contributed by atoms with Gasteiger partial charge < -0.3 is 9.73 Å². The number of nitrogens with one attached hydrogen (secondary N) is 2. The highest BCUT2D eigenvalue weighted by atomic mass is 35.5. The third-order valence-electron chi connectivity index (χ3n) is 3.11. The van der Waals surface area contributed by atoms with Gasteiger partial charge in [0.05, 0.1) is 6.26 Å². The first kappa shape index (κ1) is 16.1. The summed E-state index contributed by atoms with van der Waals surface area (Å²) in [5, 5.41) is 2.49. The lowest BCUT2D eigenvalue weighted by Crippen LogP contribution is -2.87. The number of carbonyl (C=O) groups excluding carboxylic acids is 2. The Kier molecular flexibility index (Phi) is 5.57. The summed E-state index contributed by atoms with van der Waals surface area (Å²) in [7, 11) is 0. The van der Waals surface area contributed by atoms with Gasteiger partial charge >= 0.3 is 5.91 Å². The van der Waals surface area contributed by atoms with E-state index < -0.39 is 5.91 Å². The number of rotatable bonds is 5. The molecule has 1 heterocycles. The average Bonchev–Trinajstić information content (AvgIpc) is 3.05. The third-order valence-corrected chi connectivity index (χ3v) is 3.46. The van der Waals surface area contributed by atoms with Crippen molar-refractivity contribution >= 4 is 23.4 Å². The Morgan fingerprint density at radius 3 is 2.68 bits per heavy atom. The summed E-state index contributed by atoms with van der Waals surface area (Å²) in [5.41, 5.74) is 5.57. The van der Waals surface area contributed by atoms with Gasteiger partial charge in [0.1, 0.15) is 6.04 Å². The fourth-order valence-corrected chi connectivity index (χ4v) is 2.21. The van der Waals surface area contributed by atoms with E-state index in [1.54, 1.807) is 6.07 Å². The van der Waals surface area contributed by atoms with Gasteiger partial charge in [0.25, 0.3) is 5.91 Å². The summed E-state index contributed by atoms with van der Waals surface area (Å²) in [6.07, 6.45) is 1.38. The molecule has 1 aromatic carbocycles. The fourth-order valence-electron chi connectivity index (χ4n) is 1.90. The Morgan fingerprint density at radius 1 is 1.23 bits per heavy atom. The van der Waals surface area contributed by atoms with Crippen LogP contribution in [0, 0.1) is 0 Å². The van der Waals surface area contributed by atoms with E-state index in [9.17, 15) is 9.59 Å². The van der Waals surface area contributed by atoms with Crippen LogP contribution in [0.3, 0.4) is 0 Å². The van der Waals surface area contributed by atoms with Crippen LogP contribution in [0.2, 0.25) is 5.02 Å². The lowest BCUT2D eigenvalue weighted by atomic mass is 10.1. The van der Waals surface area contributed by atoms with E-state index in [1.165, 1.54) is 12.3 Å². The first-order chi connectivity index (χ1) is 10.6. The predicted octanol–water partition coefficient (Wildman–Crippen LogP) is 1.02. The number of carbonyl (C=O) groups is 2. The quantitative estimate of drug-likeness (QED) is 0.718. The molecule has 2 amide bonds. The second-order valence-corrected chi connectivity index (χ2v) is 5.14. The summed E-state index contributed by atoms with van der Waals surface area (Å²) in [5.74, 6) is -0.690. The molecule has 0 fully saturated rings. The zero-order valence-electron chi connectivity index (χ0n) is 12.0. The third kappa shape index (κ3) is 4.34. The van der Waals surface area contributed by atoms with Crippen LogP contribution in [0.25, 0.3) is 0 Å². The van der Waals surface area contributed by atoms with Crippen LogP contribution in [0.5, 0.6) is 0 Å². The number of hydrazine groups is 1. The van der Waals surface area contributed by atoms with E-state index in [2.05, 4.69) is 10.9 Å². The Morgan fingerprint density at radius 2 is 2.00 bits per heavy atom. The zero-order valence-corrected chi connectivity index (χ0v) is 12.8. The number of hydrogen-bond acceptors (Lipinski definition) is 3. The van der Waals surface area contributed by atoms with Crippen molar-refractivity contribution in [2.75, 3.05) is 6.54 Å². The molecule has 0 bridgehead atoms. The number of furan rings is 1. The Bertz CT molecular complexity index is 643. The molecular formula is C15H17ClN3O3+. The van der Waals surface area contributed by atoms with Gasteiger partial charge in [-0.25, -0.2) is 0 Å². The number of hydrogen-bond donors (Lipinski definition) is 3. The van der Waals surface area contributed by atoms with Gasteiger partial charge in [-0.3, -0.25) is 20.4 Å². The van der Waals surface area contributed by atoms with Crippen molar-refractivity contribution in [3.63, 3.8) is 0 Å². The predicted molar refractivity (Wildman–Crippen MR) is 81.0 cm³/mol. The van der Waals surface area contributed by atoms with E-state index in [0.717, 1.165) is 5.56 Å². The van der Waals surface area contributed by atoms with Crippen molar-refractivity contribution in [3.8, 4) is 0 Å². The van der Waals surface area contributed by atoms with Crippen LogP contribution in [0.15, 0.2) is 47.1 Å². The molecule has 1 atom stereocenters. The molecule has 2 aromatic rings. The molecule has 0 aliphatic heterocycles. The molecule has 6 nitrogen and oxygen atoms in total. The first-order valence-electron chi connectivity index (χ1n) is 6.78. The Hall–Kier alpha value is -2.31. The molecule has 0 aliphatic rings. The maximum Gasteiger partial charge on any atom is 0.305 e. The van der Waals surface area contributed by atoms with Crippen LogP contribution in [0.1, 0.15) is 29.1 Å². The van der Waals surface area contributed by atoms with Crippen LogP contribution >= 0.6 is 11.6 Å². The normalized spacial score (nSPS) is 11.7. The van der Waals surface area contributed by atoms with E-state index in [-0.39, 0.29) is 24.3 Å². The molecule has 0 saturated heterocycles. The van der Waals surface area contributed by atoms with Crippen molar-refractivity contribution in [1.82, 2.24) is 10.9 Å². The highest BCUT2D eigenvalue weighted by Gasteiger charge is 2.15. The summed E-state index contributed by atoms with van der Waals surface area (Å²) in [4.78, 5) is 23.3. The lowest BCUT2D eigenvalue weighted by Gasteiger charge is -2.12. The Labute approximate surface area is 132 Å². The summed E-state index contributed by atoms with van der Waals surface area (Å²) in [6, 6.07) is 10.6. The van der Waals surface area contributed by atoms with Gasteiger partial charge in [-0.1, -0.05) is 29.8 Å². The minimum Gasteiger partial charge on any atom is -0.459 e. The van der Waals surface area contributed by atoms with Gasteiger partial charge in [-0.2, -0.15) is 0 Å². The summed E-state index contributed by atoms with van der Waals surface area (Å²) >= 11 is 6.11. The minimum atomic E-state index is -0.502. The van der Waals surface area contributed by atoms with Gasteiger partial charge in [-0.05, 0) is 25.1 Å². The molecule has 2 rings (SSSR count). The van der Waals surface area contributed by atoms with E-state index in [0.29, 0.717) is 5.02 Å². The van der Waals surface area contributed by atoms with Crippen LogP contribution < -0.4 is 16.2 Å². The number of amides is 2. The van der Waals surface area contributed by atoms with Crippen molar-refractivity contribution in [1.29, 1.82) is 0 Å². The smallest absolute Gasteiger partial charge is 0.305 e. The number of quaternary nitrogens is 1. The standard InChI is InChI=1S/C15H16ClN3O3/c1-10(11-5-2-3-6-12(11)16)17-9-14(20)18-19-15(21)13-7-4-8-22-13/h2-8,10,17H,9H2,1H3,(H,18,20)(H,19,21)/p+1/t10-/m0/s1. The molecule has 4 N–H and O–H groups in total. The Balaban J connectivity index is 1.76. The molecule has 0 spiro atoms. The second kappa shape index (κ2) is 7.63. The fraction of sp³-hybridized carbons (Fsp3) is 0.200. The summed E-state index contributed by atoms with van der Waals surface area (Å²) in [6.45, 7) is 2.11. The second-order valence-electron chi connectivity index (χ2n) is 4.73. The van der Waals surface area contributed by atoms with Gasteiger partial charge in [0.15, 0.2) is 12.3 Å². The molecule has 0 radical (unpaired) electrons. The van der Waals surface area contributed by atoms with Crippen molar-refractivity contribution in [2.45, 2.75) is 13.0 Å². The molecule has 1 aromatic heterocycles. The number of nitrogens with two attached hydrogens (primary N) is 1. The molecule has 0 aliphatic carbocycles. The van der Waals surface area contributed by atoms with E-state index in [1.807, 2.05) is 36.5 Å². The largest absolute Gasteiger partial charge is 0.459 e. The molecule has 0 unspecified atom stereocenters. The topological polar surface area (TPSA) is 88.0 Å². The molecule has 22 heavy (non-hydrogen) atoms. The lowest BCUT2D eigenvalue weighted by molar-refractivity contribution is -0.682. The van der Waals surface area contributed by atoms with Crippen molar-refractivity contribution in [2.24, 2.45) is 0 Å². The van der Waals surface area contributed by atoms with E-state index in [4.69, 9.17) is 16.0 Å². The van der Waals surface area contributed by atoms with Crippen molar-refractivity contribution in [3.05, 3.63) is 59.0 Å². The van der Waals surface area contributed by atoms with Crippen LogP contribution in [0.4, 0.5) is 0 Å². The average molecular weight is 323 g/mol. The van der Waals surface area contributed by atoms with Crippen LogP contribution in [-0.4, -0.2) is 18.4 Å². The zero-order chi connectivity index (χ0) is 15.9. The monoisotopic (exact) mass is 322 g/mol. The van der Waals surface area contributed by atoms with Crippen LogP contribution in [-0.2, 0) is 4.79 Å². The first-order valence-corrected chi connectivity index (χ1v) is 7.16.